The van der Waals surface area contributed by atoms with Gasteiger partial charge in [-0.3, -0.25) is 0 Å². The molecule has 4 rings (SSSR count). The second kappa shape index (κ2) is 8.62. The molecule has 3 fully saturated rings. The van der Waals surface area contributed by atoms with Crippen molar-refractivity contribution in [1.82, 2.24) is 10.2 Å². The lowest BCUT2D eigenvalue weighted by atomic mass is 9.86. The largest absolute Gasteiger partial charge is 0.491 e. The molecular formula is C20H33N3O3. The zero-order valence-electron chi connectivity index (χ0n) is 16.1. The Morgan fingerprint density at radius 2 is 2.00 bits per heavy atom. The molecule has 6 nitrogen and oxygen atoms in total. The maximum absolute atomic E-state index is 12.5. The lowest BCUT2D eigenvalue weighted by molar-refractivity contribution is 0.109. The molecule has 0 aliphatic carbocycles. The van der Waals surface area contributed by atoms with Crippen LogP contribution in [0.25, 0.3) is 0 Å². The number of ether oxygens (including phenoxy) is 2. The van der Waals surface area contributed by atoms with E-state index in [1.807, 2.05) is 19.1 Å². The van der Waals surface area contributed by atoms with Gasteiger partial charge in [0.25, 0.3) is 0 Å². The molecule has 3 atom stereocenters. The van der Waals surface area contributed by atoms with E-state index in [0.717, 1.165) is 25.4 Å². The Morgan fingerprint density at radius 3 is 2.69 bits per heavy atom. The van der Waals surface area contributed by atoms with Gasteiger partial charge in [-0.15, -0.1) is 0 Å². The number of nitrogens with one attached hydrogen (secondary N) is 1. The number of benzene rings is 1. The fourth-order valence-corrected chi connectivity index (χ4v) is 4.19. The molecule has 1 aromatic rings. The molecular weight excluding hydrogens is 330 g/mol. The predicted molar refractivity (Wildman–Crippen MR) is 105 cm³/mol. The monoisotopic (exact) mass is 363 g/mol. The summed E-state index contributed by atoms with van der Waals surface area (Å²) in [4.78, 5) is 17.0. The van der Waals surface area contributed by atoms with Crippen molar-refractivity contribution in [2.45, 2.75) is 26.3 Å². The minimum Gasteiger partial charge on any atom is -0.491 e. The van der Waals surface area contributed by atoms with Crippen LogP contribution in [0, 0.1) is 11.8 Å². The summed E-state index contributed by atoms with van der Waals surface area (Å²) in [5.41, 5.74) is 1.20. The Kier molecular flexibility index (Phi) is 6.25. The van der Waals surface area contributed by atoms with E-state index in [4.69, 9.17) is 9.47 Å². The average Bonchev–Trinajstić information content (AvgIpc) is 2.92. The highest BCUT2D eigenvalue weighted by atomic mass is 16.5. The molecule has 3 aliphatic rings. The van der Waals surface area contributed by atoms with Crippen molar-refractivity contribution in [1.29, 1.82) is 0 Å². The highest BCUT2D eigenvalue weighted by Gasteiger charge is 2.41. The highest BCUT2D eigenvalue weighted by Crippen LogP contribution is 2.34. The van der Waals surface area contributed by atoms with Gasteiger partial charge in [-0.2, -0.15) is 0 Å². The third-order valence-corrected chi connectivity index (χ3v) is 5.45. The van der Waals surface area contributed by atoms with Gasteiger partial charge in [-0.1, -0.05) is 6.92 Å². The molecule has 2 bridgehead atoms. The van der Waals surface area contributed by atoms with Gasteiger partial charge in [-0.25, -0.2) is 4.79 Å². The van der Waals surface area contributed by atoms with Gasteiger partial charge < -0.3 is 24.6 Å². The van der Waals surface area contributed by atoms with Crippen molar-refractivity contribution in [3.8, 4) is 5.75 Å². The fourth-order valence-electron chi connectivity index (χ4n) is 4.19. The first-order chi connectivity index (χ1) is 12.6. The molecule has 0 saturated carbocycles. The molecule has 3 aliphatic heterocycles. The summed E-state index contributed by atoms with van der Waals surface area (Å²) in [5.74, 6) is 1.91. The normalized spacial score (nSPS) is 25.1. The first kappa shape index (κ1) is 18.8. The maximum atomic E-state index is 12.5. The number of urea groups is 1. The van der Waals surface area contributed by atoms with Crippen LogP contribution in [0.5, 0.6) is 5.75 Å². The molecule has 0 radical (unpaired) electrons. The van der Waals surface area contributed by atoms with E-state index < -0.39 is 0 Å². The molecule has 2 unspecified atom stereocenters. The maximum Gasteiger partial charge on any atom is 0.317 e. The van der Waals surface area contributed by atoms with E-state index in [2.05, 4.69) is 34.2 Å². The number of anilines is 1. The number of hydrogen-bond donors (Lipinski definition) is 1. The van der Waals surface area contributed by atoms with Crippen LogP contribution in [0.15, 0.2) is 24.3 Å². The van der Waals surface area contributed by atoms with Crippen molar-refractivity contribution in [3.63, 3.8) is 0 Å². The van der Waals surface area contributed by atoms with Gasteiger partial charge in [0, 0.05) is 40.4 Å². The highest BCUT2D eigenvalue weighted by molar-refractivity contribution is 5.75. The minimum absolute atomic E-state index is 0. The smallest absolute Gasteiger partial charge is 0.317 e. The van der Waals surface area contributed by atoms with Gasteiger partial charge in [0.2, 0.25) is 0 Å². The molecule has 3 saturated heterocycles. The number of hydrogen-bond acceptors (Lipinski definition) is 4. The molecule has 2 amide bonds. The van der Waals surface area contributed by atoms with Gasteiger partial charge in [-0.05, 0) is 49.4 Å². The molecule has 146 valence electrons. The van der Waals surface area contributed by atoms with Crippen molar-refractivity contribution in [2.24, 2.45) is 11.8 Å². The van der Waals surface area contributed by atoms with Gasteiger partial charge in [0.05, 0.1) is 12.6 Å². The van der Waals surface area contributed by atoms with E-state index in [1.54, 1.807) is 7.11 Å². The van der Waals surface area contributed by atoms with Crippen LogP contribution in [0.3, 0.4) is 0 Å². The molecule has 0 spiro atoms. The summed E-state index contributed by atoms with van der Waals surface area (Å²) in [6.45, 7) is 8.82. The standard InChI is InChI=1S/C20H31N3O3.H2/c1-4-21-20(24)23-13-16-11-15(2)19(23)14-22(12-16)17-5-7-18(8-6-17)26-10-9-25-3;/h5-8,15-16,19H,4,9-14H2,1-3H3,(H,21,24);1H/t15?,16-,19?;/m0./s1. The molecule has 0 aromatic heterocycles. The fraction of sp³-hybridized carbons (Fsp3) is 0.650. The Labute approximate surface area is 157 Å². The molecule has 1 N–H and O–H groups in total. The van der Waals surface area contributed by atoms with Crippen LogP contribution >= 0.6 is 0 Å². The summed E-state index contributed by atoms with van der Waals surface area (Å²) < 4.78 is 10.7. The number of amides is 2. The van der Waals surface area contributed by atoms with Crippen molar-refractivity contribution in [3.05, 3.63) is 24.3 Å². The number of nitrogens with zero attached hydrogens (tertiary/aromatic N) is 2. The number of fused-ring (bicyclic) bond motifs is 4. The first-order valence-corrected chi connectivity index (χ1v) is 9.63. The van der Waals surface area contributed by atoms with Crippen molar-refractivity contribution in [2.75, 3.05) is 51.4 Å². The van der Waals surface area contributed by atoms with Crippen LogP contribution in [0.4, 0.5) is 10.5 Å². The summed E-state index contributed by atoms with van der Waals surface area (Å²) in [6, 6.07) is 8.61. The minimum atomic E-state index is 0. The van der Waals surface area contributed by atoms with Crippen LogP contribution in [-0.2, 0) is 4.74 Å². The molecule has 3 heterocycles. The molecule has 1 aromatic carbocycles. The number of carbonyl (C=O) groups excluding carboxylic acids is 1. The van der Waals surface area contributed by atoms with Crippen LogP contribution in [-0.4, -0.2) is 63.5 Å². The average molecular weight is 364 g/mol. The summed E-state index contributed by atoms with van der Waals surface area (Å²) in [7, 11) is 1.67. The van der Waals surface area contributed by atoms with Crippen molar-refractivity contribution < 1.29 is 15.7 Å². The predicted octanol–water partition coefficient (Wildman–Crippen LogP) is 2.83. The van der Waals surface area contributed by atoms with E-state index in [1.165, 1.54) is 12.1 Å². The number of piperidine rings is 1. The third-order valence-electron chi connectivity index (χ3n) is 5.45. The van der Waals surface area contributed by atoms with Gasteiger partial charge >= 0.3 is 6.03 Å². The zero-order valence-corrected chi connectivity index (χ0v) is 16.1. The number of methoxy groups -OCH3 is 1. The summed E-state index contributed by atoms with van der Waals surface area (Å²) in [5, 5.41) is 2.98. The van der Waals surface area contributed by atoms with Gasteiger partial charge in [0.15, 0.2) is 0 Å². The van der Waals surface area contributed by atoms with E-state index >= 15 is 0 Å². The van der Waals surface area contributed by atoms with Crippen LogP contribution in [0.1, 0.15) is 21.7 Å². The molecule has 26 heavy (non-hydrogen) atoms. The second-order valence-electron chi connectivity index (χ2n) is 7.37. The molecule has 6 heteroatoms. The Balaban J connectivity index is 0.00000261. The topological polar surface area (TPSA) is 54.0 Å². The lowest BCUT2D eigenvalue weighted by Crippen LogP contribution is -2.54. The lowest BCUT2D eigenvalue weighted by Gasteiger charge is -2.40. The zero-order chi connectivity index (χ0) is 18.5. The SMILES string of the molecule is CCNC(=O)N1C[C@H]2CC(C)C1CN(c1ccc(OCCOC)cc1)C2.[HH]. The Hall–Kier alpha value is -1.95. The van der Waals surface area contributed by atoms with E-state index in [9.17, 15) is 4.79 Å². The Morgan fingerprint density at radius 1 is 1.23 bits per heavy atom. The van der Waals surface area contributed by atoms with Crippen LogP contribution < -0.4 is 15.0 Å². The number of rotatable bonds is 6. The van der Waals surface area contributed by atoms with E-state index in [0.29, 0.717) is 31.6 Å². The summed E-state index contributed by atoms with van der Waals surface area (Å²) >= 11 is 0. The first-order valence-electron chi connectivity index (χ1n) is 9.63. The Bertz CT molecular complexity index is 599. The van der Waals surface area contributed by atoms with Crippen molar-refractivity contribution >= 4 is 11.7 Å². The number of carbonyl (C=O) groups is 1. The van der Waals surface area contributed by atoms with Crippen LogP contribution in [0.2, 0.25) is 0 Å². The van der Waals surface area contributed by atoms with E-state index in [-0.39, 0.29) is 13.5 Å². The quantitative estimate of drug-likeness (QED) is 0.790. The van der Waals surface area contributed by atoms with Gasteiger partial charge in [0.1, 0.15) is 12.4 Å². The summed E-state index contributed by atoms with van der Waals surface area (Å²) in [6.07, 6.45) is 1.19. The third kappa shape index (κ3) is 4.23. The second-order valence-corrected chi connectivity index (χ2v) is 7.37.